The number of nitrogens with one attached hydrogen (secondary N) is 1. The minimum Gasteiger partial charge on any atom is -0.486 e. The van der Waals surface area contributed by atoms with Crippen molar-refractivity contribution in [2.45, 2.75) is 46.6 Å². The fourth-order valence-corrected chi connectivity index (χ4v) is 2.88. The van der Waals surface area contributed by atoms with E-state index in [1.165, 1.54) is 17.5 Å². The van der Waals surface area contributed by atoms with Gasteiger partial charge in [0, 0.05) is 5.41 Å². The SMILES string of the molecule is CC(C)(C)C(=O)CNC(=O)c1ccc(COc2ccc3c(c2)CCC3)o1. The molecule has 26 heavy (non-hydrogen) atoms. The molecular weight excluding hydrogens is 330 g/mol. The van der Waals surface area contributed by atoms with Crippen molar-refractivity contribution in [2.75, 3.05) is 6.54 Å². The first-order valence-corrected chi connectivity index (χ1v) is 8.98. The summed E-state index contributed by atoms with van der Waals surface area (Å²) in [5.74, 6) is 1.13. The van der Waals surface area contributed by atoms with Crippen molar-refractivity contribution in [1.82, 2.24) is 5.32 Å². The molecule has 0 saturated carbocycles. The van der Waals surface area contributed by atoms with Gasteiger partial charge in [0.05, 0.1) is 6.54 Å². The Labute approximate surface area is 153 Å². The average molecular weight is 355 g/mol. The molecule has 1 heterocycles. The number of aryl methyl sites for hydroxylation is 2. The molecule has 0 radical (unpaired) electrons. The molecule has 0 aliphatic heterocycles. The molecular formula is C21H25NO4. The van der Waals surface area contributed by atoms with Crippen LogP contribution in [0.4, 0.5) is 0 Å². The van der Waals surface area contributed by atoms with Crippen LogP contribution in [0, 0.1) is 5.41 Å². The van der Waals surface area contributed by atoms with Crippen LogP contribution >= 0.6 is 0 Å². The summed E-state index contributed by atoms with van der Waals surface area (Å²) in [6.07, 6.45) is 3.45. The number of hydrogen-bond acceptors (Lipinski definition) is 4. The van der Waals surface area contributed by atoms with Gasteiger partial charge in [-0.3, -0.25) is 9.59 Å². The van der Waals surface area contributed by atoms with Crippen LogP contribution in [-0.2, 0) is 24.2 Å². The summed E-state index contributed by atoms with van der Waals surface area (Å²) in [6, 6.07) is 9.48. The van der Waals surface area contributed by atoms with Crippen LogP contribution in [0.2, 0.25) is 0 Å². The second-order valence-electron chi connectivity index (χ2n) is 7.69. The maximum atomic E-state index is 12.1. The highest BCUT2D eigenvalue weighted by atomic mass is 16.5. The lowest BCUT2D eigenvalue weighted by molar-refractivity contribution is -0.125. The second kappa shape index (κ2) is 7.36. The van der Waals surface area contributed by atoms with Crippen LogP contribution in [-0.4, -0.2) is 18.2 Å². The van der Waals surface area contributed by atoms with Crippen molar-refractivity contribution in [3.63, 3.8) is 0 Å². The Morgan fingerprint density at radius 3 is 2.65 bits per heavy atom. The van der Waals surface area contributed by atoms with Crippen LogP contribution in [0.1, 0.15) is 54.6 Å². The molecule has 138 valence electrons. The van der Waals surface area contributed by atoms with Gasteiger partial charge in [-0.05, 0) is 54.7 Å². The van der Waals surface area contributed by atoms with Crippen LogP contribution < -0.4 is 10.1 Å². The van der Waals surface area contributed by atoms with Gasteiger partial charge < -0.3 is 14.5 Å². The molecule has 0 saturated heterocycles. The highest BCUT2D eigenvalue weighted by molar-refractivity contribution is 5.95. The molecule has 2 aromatic rings. The molecule has 5 nitrogen and oxygen atoms in total. The van der Waals surface area contributed by atoms with E-state index in [-0.39, 0.29) is 24.7 Å². The maximum Gasteiger partial charge on any atom is 0.287 e. The van der Waals surface area contributed by atoms with Crippen LogP contribution in [0.3, 0.4) is 0 Å². The molecule has 1 aliphatic carbocycles. The van der Waals surface area contributed by atoms with Gasteiger partial charge in [0.25, 0.3) is 5.91 Å². The molecule has 1 amide bonds. The summed E-state index contributed by atoms with van der Waals surface area (Å²) in [6.45, 7) is 5.71. The zero-order chi connectivity index (χ0) is 18.7. The first-order valence-electron chi connectivity index (χ1n) is 8.98. The average Bonchev–Trinajstić information content (AvgIpc) is 3.25. The van der Waals surface area contributed by atoms with Gasteiger partial charge in [-0.2, -0.15) is 0 Å². The minimum atomic E-state index is -0.481. The smallest absolute Gasteiger partial charge is 0.287 e. The van der Waals surface area contributed by atoms with Crippen LogP contribution in [0.25, 0.3) is 0 Å². The summed E-state index contributed by atoms with van der Waals surface area (Å²) < 4.78 is 11.3. The number of Topliss-reactive ketones (excluding diaryl/α,β-unsaturated/α-hetero) is 1. The Hall–Kier alpha value is -2.56. The van der Waals surface area contributed by atoms with Crippen molar-refractivity contribution < 1.29 is 18.7 Å². The van der Waals surface area contributed by atoms with E-state index in [1.54, 1.807) is 12.1 Å². The van der Waals surface area contributed by atoms with E-state index < -0.39 is 11.3 Å². The van der Waals surface area contributed by atoms with Gasteiger partial charge >= 0.3 is 0 Å². The number of ether oxygens (including phenoxy) is 1. The van der Waals surface area contributed by atoms with Crippen LogP contribution in [0.5, 0.6) is 5.75 Å². The number of amides is 1. The van der Waals surface area contributed by atoms with Crippen molar-refractivity contribution in [3.8, 4) is 5.75 Å². The van der Waals surface area contributed by atoms with Gasteiger partial charge in [0.2, 0.25) is 0 Å². The molecule has 1 N–H and O–H groups in total. The largest absolute Gasteiger partial charge is 0.486 e. The normalized spacial score (nSPS) is 13.3. The minimum absolute atomic E-state index is 0.00993. The van der Waals surface area contributed by atoms with E-state index in [0.29, 0.717) is 5.76 Å². The summed E-state index contributed by atoms with van der Waals surface area (Å²) in [5.41, 5.74) is 2.27. The van der Waals surface area contributed by atoms with Crippen LogP contribution in [0.15, 0.2) is 34.7 Å². The molecule has 0 spiro atoms. The Bertz CT molecular complexity index is 814. The summed E-state index contributed by atoms with van der Waals surface area (Å²) in [4.78, 5) is 24.0. The number of ketones is 1. The summed E-state index contributed by atoms with van der Waals surface area (Å²) in [7, 11) is 0. The fourth-order valence-electron chi connectivity index (χ4n) is 2.88. The molecule has 3 rings (SSSR count). The molecule has 1 aromatic heterocycles. The quantitative estimate of drug-likeness (QED) is 0.858. The predicted molar refractivity (Wildman–Crippen MR) is 98.3 cm³/mol. The first kappa shape index (κ1) is 18.2. The lowest BCUT2D eigenvalue weighted by atomic mass is 9.91. The summed E-state index contributed by atoms with van der Waals surface area (Å²) >= 11 is 0. The predicted octanol–water partition coefficient (Wildman–Crippen LogP) is 3.69. The molecule has 0 atom stereocenters. The van der Waals surface area contributed by atoms with Gasteiger partial charge in [-0.15, -0.1) is 0 Å². The van der Waals surface area contributed by atoms with Crippen molar-refractivity contribution in [1.29, 1.82) is 0 Å². The standard InChI is InChI=1S/C21H25NO4/c1-21(2,3)19(23)12-22-20(24)18-10-9-17(26-18)13-25-16-8-7-14-5-4-6-15(14)11-16/h7-11H,4-6,12-13H2,1-3H3,(H,22,24). The molecule has 0 unspecified atom stereocenters. The number of carbonyl (C=O) groups is 2. The Balaban J connectivity index is 1.53. The first-order chi connectivity index (χ1) is 12.3. The second-order valence-corrected chi connectivity index (χ2v) is 7.69. The highest BCUT2D eigenvalue weighted by Crippen LogP contribution is 2.26. The van der Waals surface area contributed by atoms with Gasteiger partial charge in [0.15, 0.2) is 11.5 Å². The number of carbonyl (C=O) groups excluding carboxylic acids is 2. The fraction of sp³-hybridized carbons (Fsp3) is 0.429. The maximum absolute atomic E-state index is 12.1. The van der Waals surface area contributed by atoms with E-state index >= 15 is 0 Å². The third-order valence-electron chi connectivity index (χ3n) is 4.58. The number of benzene rings is 1. The van der Waals surface area contributed by atoms with E-state index in [0.717, 1.165) is 18.6 Å². The number of fused-ring (bicyclic) bond motifs is 1. The topological polar surface area (TPSA) is 68.5 Å². The molecule has 0 bridgehead atoms. The van der Waals surface area contributed by atoms with E-state index in [1.807, 2.05) is 26.8 Å². The molecule has 5 heteroatoms. The molecule has 1 aliphatic rings. The summed E-state index contributed by atoms with van der Waals surface area (Å²) in [5, 5.41) is 2.60. The Morgan fingerprint density at radius 2 is 1.88 bits per heavy atom. The van der Waals surface area contributed by atoms with Crippen molar-refractivity contribution in [3.05, 3.63) is 53.0 Å². The Morgan fingerprint density at radius 1 is 1.12 bits per heavy atom. The lowest BCUT2D eigenvalue weighted by Crippen LogP contribution is -2.35. The lowest BCUT2D eigenvalue weighted by Gasteiger charge is -2.16. The number of rotatable bonds is 6. The van der Waals surface area contributed by atoms with Gasteiger partial charge in [-0.1, -0.05) is 26.8 Å². The third-order valence-corrected chi connectivity index (χ3v) is 4.58. The van der Waals surface area contributed by atoms with Crippen molar-refractivity contribution in [2.24, 2.45) is 5.41 Å². The zero-order valence-electron chi connectivity index (χ0n) is 15.6. The van der Waals surface area contributed by atoms with Gasteiger partial charge in [-0.25, -0.2) is 0 Å². The van der Waals surface area contributed by atoms with E-state index in [4.69, 9.17) is 9.15 Å². The number of furan rings is 1. The monoisotopic (exact) mass is 355 g/mol. The third kappa shape index (κ3) is 4.34. The number of hydrogen-bond donors (Lipinski definition) is 1. The molecule has 1 aromatic carbocycles. The van der Waals surface area contributed by atoms with E-state index in [9.17, 15) is 9.59 Å². The van der Waals surface area contributed by atoms with Crippen molar-refractivity contribution >= 4 is 11.7 Å². The zero-order valence-corrected chi connectivity index (χ0v) is 15.6. The molecule has 0 fully saturated rings. The van der Waals surface area contributed by atoms with E-state index in [2.05, 4.69) is 17.4 Å². The Kier molecular flexibility index (Phi) is 5.16. The highest BCUT2D eigenvalue weighted by Gasteiger charge is 2.22. The van der Waals surface area contributed by atoms with Gasteiger partial charge in [0.1, 0.15) is 18.1 Å².